The van der Waals surface area contributed by atoms with Gasteiger partial charge >= 0.3 is 5.97 Å². The van der Waals surface area contributed by atoms with Crippen LogP contribution < -0.4 is 14.4 Å². The topological polar surface area (TPSA) is 65.1 Å². The molecule has 1 saturated carbocycles. The van der Waals surface area contributed by atoms with Crippen LogP contribution >= 0.6 is 0 Å². The normalized spacial score (nSPS) is 21.4. The van der Waals surface area contributed by atoms with Crippen LogP contribution in [0.25, 0.3) is 0 Å². The van der Waals surface area contributed by atoms with Crippen LogP contribution in [-0.4, -0.2) is 38.7 Å². The maximum Gasteiger partial charge on any atom is 0.311 e. The highest BCUT2D eigenvalue weighted by atomic mass is 16.5. The van der Waals surface area contributed by atoms with Gasteiger partial charge < -0.3 is 19.1 Å². The van der Waals surface area contributed by atoms with Crippen molar-refractivity contribution in [3.05, 3.63) is 18.2 Å². The number of amides is 1. The van der Waals surface area contributed by atoms with Crippen molar-refractivity contribution in [2.24, 2.45) is 5.92 Å². The number of methoxy groups -OCH3 is 2. The molecule has 0 radical (unpaired) electrons. The molecule has 26 heavy (non-hydrogen) atoms. The smallest absolute Gasteiger partial charge is 0.311 e. The second-order valence-electron chi connectivity index (χ2n) is 7.00. The molecule has 1 aliphatic carbocycles. The number of benzene rings is 1. The first-order chi connectivity index (χ1) is 12.6. The summed E-state index contributed by atoms with van der Waals surface area (Å²) < 4.78 is 16.2. The summed E-state index contributed by atoms with van der Waals surface area (Å²) in [5, 5.41) is 0. The molecule has 0 bridgehead atoms. The Morgan fingerprint density at radius 3 is 2.38 bits per heavy atom. The van der Waals surface area contributed by atoms with Gasteiger partial charge in [-0.05, 0) is 37.8 Å². The van der Waals surface area contributed by atoms with E-state index in [1.807, 2.05) is 0 Å². The minimum atomic E-state index is -0.404. The van der Waals surface area contributed by atoms with E-state index in [1.165, 1.54) is 12.8 Å². The van der Waals surface area contributed by atoms with Gasteiger partial charge in [-0.25, -0.2) is 0 Å². The van der Waals surface area contributed by atoms with E-state index in [4.69, 9.17) is 14.2 Å². The van der Waals surface area contributed by atoms with Crippen molar-refractivity contribution in [1.82, 2.24) is 0 Å². The highest BCUT2D eigenvalue weighted by Gasteiger charge is 2.37. The first kappa shape index (κ1) is 18.5. The first-order valence-corrected chi connectivity index (χ1v) is 9.35. The maximum atomic E-state index is 12.5. The lowest BCUT2D eigenvalue weighted by molar-refractivity contribution is -0.154. The lowest BCUT2D eigenvalue weighted by atomic mass is 10.1. The molecule has 0 N–H and O–H groups in total. The minimum absolute atomic E-state index is 0.00947. The van der Waals surface area contributed by atoms with Crippen molar-refractivity contribution in [2.75, 3.05) is 25.7 Å². The summed E-state index contributed by atoms with van der Waals surface area (Å²) in [6.45, 7) is 0.347. The van der Waals surface area contributed by atoms with Crippen LogP contribution in [0.4, 0.5) is 5.69 Å². The van der Waals surface area contributed by atoms with Crippen molar-refractivity contribution in [3.63, 3.8) is 0 Å². The molecule has 0 spiro atoms. The quantitative estimate of drug-likeness (QED) is 0.595. The Hall–Kier alpha value is -2.24. The molecular weight excluding hydrogens is 334 g/mol. The van der Waals surface area contributed by atoms with Crippen LogP contribution in [0.3, 0.4) is 0 Å². The summed E-state index contributed by atoms with van der Waals surface area (Å²) in [5.74, 6) is 0.446. The summed E-state index contributed by atoms with van der Waals surface area (Å²) in [6.07, 6.45) is 6.72. The van der Waals surface area contributed by atoms with Crippen molar-refractivity contribution in [3.8, 4) is 11.5 Å². The molecular formula is C20H27NO5. The zero-order chi connectivity index (χ0) is 18.5. The van der Waals surface area contributed by atoms with Gasteiger partial charge in [0.25, 0.3) is 0 Å². The Balaban J connectivity index is 1.65. The van der Waals surface area contributed by atoms with Crippen LogP contribution in [0.1, 0.15) is 44.9 Å². The number of hydrogen-bond acceptors (Lipinski definition) is 5. The Morgan fingerprint density at radius 1 is 1.04 bits per heavy atom. The summed E-state index contributed by atoms with van der Waals surface area (Å²) in [7, 11) is 3.12. The zero-order valence-electron chi connectivity index (χ0n) is 15.5. The number of rotatable bonds is 5. The van der Waals surface area contributed by atoms with Crippen molar-refractivity contribution < 1.29 is 23.8 Å². The van der Waals surface area contributed by atoms with Gasteiger partial charge in [-0.3, -0.25) is 9.59 Å². The first-order valence-electron chi connectivity index (χ1n) is 9.35. The maximum absolute atomic E-state index is 12.5. The molecule has 0 unspecified atom stereocenters. The summed E-state index contributed by atoms with van der Waals surface area (Å²) in [4.78, 5) is 26.6. The van der Waals surface area contributed by atoms with Crippen molar-refractivity contribution in [1.29, 1.82) is 0 Å². The average molecular weight is 361 g/mol. The Morgan fingerprint density at radius 2 is 1.73 bits per heavy atom. The van der Waals surface area contributed by atoms with E-state index in [0.29, 0.717) is 23.7 Å². The fraction of sp³-hybridized carbons (Fsp3) is 0.600. The van der Waals surface area contributed by atoms with Gasteiger partial charge in [0.05, 0.1) is 20.1 Å². The Bertz CT molecular complexity index is 652. The summed E-state index contributed by atoms with van der Waals surface area (Å²) in [6, 6.07) is 5.33. The van der Waals surface area contributed by atoms with Gasteiger partial charge in [0.2, 0.25) is 5.91 Å². The van der Waals surface area contributed by atoms with Gasteiger partial charge in [0.15, 0.2) is 11.5 Å². The van der Waals surface area contributed by atoms with Gasteiger partial charge in [-0.2, -0.15) is 0 Å². The van der Waals surface area contributed by atoms with Crippen molar-refractivity contribution in [2.45, 2.75) is 51.0 Å². The molecule has 0 aromatic heterocycles. The molecule has 1 saturated heterocycles. The van der Waals surface area contributed by atoms with Gasteiger partial charge in [-0.15, -0.1) is 0 Å². The standard InChI is InChI=1S/C20H27NO5/c1-24-17-10-9-15(12-18(17)25-2)21-13-14(11-19(21)22)20(23)26-16-7-5-3-4-6-8-16/h9-10,12,14,16H,3-8,11,13H2,1-2H3/t14-/m1/s1. The summed E-state index contributed by atoms with van der Waals surface area (Å²) in [5.41, 5.74) is 0.706. The van der Waals surface area contributed by atoms with Gasteiger partial charge in [0, 0.05) is 24.7 Å². The van der Waals surface area contributed by atoms with E-state index in [9.17, 15) is 9.59 Å². The molecule has 142 valence electrons. The van der Waals surface area contributed by atoms with Crippen LogP contribution in [0.5, 0.6) is 11.5 Å². The molecule has 1 aromatic carbocycles. The van der Waals surface area contributed by atoms with Crippen molar-refractivity contribution >= 4 is 17.6 Å². The monoisotopic (exact) mass is 361 g/mol. The second kappa shape index (κ2) is 8.43. The number of esters is 1. The highest BCUT2D eigenvalue weighted by Crippen LogP contribution is 2.34. The fourth-order valence-corrected chi connectivity index (χ4v) is 3.73. The third-order valence-corrected chi connectivity index (χ3v) is 5.22. The van der Waals surface area contributed by atoms with E-state index in [2.05, 4.69) is 0 Å². The largest absolute Gasteiger partial charge is 0.493 e. The lowest BCUT2D eigenvalue weighted by Crippen LogP contribution is -2.28. The fourth-order valence-electron chi connectivity index (χ4n) is 3.73. The summed E-state index contributed by atoms with van der Waals surface area (Å²) >= 11 is 0. The van der Waals surface area contributed by atoms with E-state index < -0.39 is 5.92 Å². The number of nitrogens with zero attached hydrogens (tertiary/aromatic N) is 1. The lowest BCUT2D eigenvalue weighted by Gasteiger charge is -2.20. The van der Waals surface area contributed by atoms with E-state index in [0.717, 1.165) is 25.7 Å². The molecule has 3 rings (SSSR count). The third kappa shape index (κ3) is 4.11. The third-order valence-electron chi connectivity index (χ3n) is 5.22. The molecule has 1 aliphatic heterocycles. The van der Waals surface area contributed by atoms with Crippen LogP contribution in [0, 0.1) is 5.92 Å². The molecule has 2 aliphatic rings. The van der Waals surface area contributed by atoms with E-state index >= 15 is 0 Å². The number of ether oxygens (including phenoxy) is 3. The molecule has 2 fully saturated rings. The number of hydrogen-bond donors (Lipinski definition) is 0. The van der Waals surface area contributed by atoms with E-state index in [-0.39, 0.29) is 24.4 Å². The van der Waals surface area contributed by atoms with Gasteiger partial charge in [0.1, 0.15) is 6.10 Å². The SMILES string of the molecule is COc1ccc(N2C[C@H](C(=O)OC3CCCCCC3)CC2=O)cc1OC. The van der Waals surface area contributed by atoms with E-state index in [1.54, 1.807) is 37.3 Å². The number of anilines is 1. The predicted octanol–water partition coefficient (Wildman–Crippen LogP) is 3.32. The second-order valence-corrected chi connectivity index (χ2v) is 7.00. The molecule has 6 heteroatoms. The van der Waals surface area contributed by atoms with Crippen LogP contribution in [0.15, 0.2) is 18.2 Å². The zero-order valence-corrected chi connectivity index (χ0v) is 15.5. The number of carbonyl (C=O) groups excluding carboxylic acids is 2. The molecule has 6 nitrogen and oxygen atoms in total. The van der Waals surface area contributed by atoms with Crippen LogP contribution in [-0.2, 0) is 14.3 Å². The Kier molecular flexibility index (Phi) is 6.01. The minimum Gasteiger partial charge on any atom is -0.493 e. The molecule has 1 aromatic rings. The van der Waals surface area contributed by atoms with Gasteiger partial charge in [-0.1, -0.05) is 12.8 Å². The highest BCUT2D eigenvalue weighted by molar-refractivity contribution is 5.99. The Labute approximate surface area is 154 Å². The van der Waals surface area contributed by atoms with Crippen LogP contribution in [0.2, 0.25) is 0 Å². The average Bonchev–Trinajstić information content (AvgIpc) is 2.87. The number of carbonyl (C=O) groups is 2. The predicted molar refractivity (Wildman–Crippen MR) is 97.6 cm³/mol. The molecule has 1 amide bonds. The molecule has 1 atom stereocenters. The molecule has 1 heterocycles.